The zero-order valence-corrected chi connectivity index (χ0v) is 13.5. The fourth-order valence-corrected chi connectivity index (χ4v) is 2.19. The lowest BCUT2D eigenvalue weighted by Crippen LogP contribution is -2.21. The molecule has 0 fully saturated rings. The predicted octanol–water partition coefficient (Wildman–Crippen LogP) is 3.42. The van der Waals surface area contributed by atoms with Gasteiger partial charge in [-0.1, -0.05) is 30.4 Å². The minimum Gasteiger partial charge on any atom is -0.394 e. The summed E-state index contributed by atoms with van der Waals surface area (Å²) in [6.45, 7) is 9.69. The summed E-state index contributed by atoms with van der Waals surface area (Å²) in [5.41, 5.74) is 5.03. The molecule has 0 atom stereocenters. The number of rotatable bonds is 5. The van der Waals surface area contributed by atoms with Gasteiger partial charge < -0.3 is 9.88 Å². The van der Waals surface area contributed by atoms with Crippen LogP contribution in [0.2, 0.25) is 0 Å². The maximum atomic E-state index is 12.2. The molecule has 0 amide bonds. The molecule has 1 rings (SSSR count). The van der Waals surface area contributed by atoms with E-state index >= 15 is 0 Å². The molecule has 0 aliphatic carbocycles. The first-order valence-electron chi connectivity index (χ1n) is 6.95. The average Bonchev–Trinajstić information content (AvgIpc) is 2.44. The van der Waals surface area contributed by atoms with E-state index in [0.29, 0.717) is 0 Å². The minimum absolute atomic E-state index is 0.0214. The lowest BCUT2D eigenvalue weighted by Gasteiger charge is -2.14. The van der Waals surface area contributed by atoms with Crippen molar-refractivity contribution in [1.82, 2.24) is 9.88 Å². The number of aryl methyl sites for hydroxylation is 1. The van der Waals surface area contributed by atoms with E-state index in [4.69, 9.17) is 0 Å². The van der Waals surface area contributed by atoms with Crippen LogP contribution in [0.25, 0.3) is 11.6 Å². The molecule has 21 heavy (non-hydrogen) atoms. The summed E-state index contributed by atoms with van der Waals surface area (Å²) < 4.78 is 1.63. The maximum absolute atomic E-state index is 12.2. The number of hydrogen-bond acceptors (Lipinski definition) is 2. The highest BCUT2D eigenvalue weighted by molar-refractivity contribution is 5.82. The number of aromatic nitrogens is 1. The summed E-state index contributed by atoms with van der Waals surface area (Å²) in [5.74, 6) is 0. The molecule has 1 N–H and O–H groups in total. The molecule has 3 heteroatoms. The SMILES string of the molecule is C=C/C=C/c1c(C(/C=C\NC)=C(C)C)cn(C)c(=O)c1C. The molecule has 0 saturated heterocycles. The Labute approximate surface area is 127 Å². The van der Waals surface area contributed by atoms with E-state index in [-0.39, 0.29) is 5.56 Å². The summed E-state index contributed by atoms with van der Waals surface area (Å²) in [4.78, 5) is 12.2. The highest BCUT2D eigenvalue weighted by atomic mass is 16.1. The van der Waals surface area contributed by atoms with E-state index in [1.807, 2.05) is 44.6 Å². The third-order valence-corrected chi connectivity index (χ3v) is 3.30. The van der Waals surface area contributed by atoms with Crippen LogP contribution in [0.3, 0.4) is 0 Å². The lowest BCUT2D eigenvalue weighted by molar-refractivity contribution is 0.843. The van der Waals surface area contributed by atoms with Gasteiger partial charge in [-0.15, -0.1) is 0 Å². The third kappa shape index (κ3) is 3.85. The second-order valence-electron chi connectivity index (χ2n) is 5.13. The Bertz CT molecular complexity index is 669. The number of allylic oxidation sites excluding steroid dienone is 5. The molecule has 0 spiro atoms. The van der Waals surface area contributed by atoms with Gasteiger partial charge >= 0.3 is 0 Å². The van der Waals surface area contributed by atoms with Crippen molar-refractivity contribution in [3.8, 4) is 0 Å². The monoisotopic (exact) mass is 284 g/mol. The molecule has 0 aromatic carbocycles. The lowest BCUT2D eigenvalue weighted by atomic mass is 9.95. The molecule has 1 aromatic rings. The Kier molecular flexibility index (Phi) is 5.97. The van der Waals surface area contributed by atoms with Gasteiger partial charge in [-0.3, -0.25) is 4.79 Å². The molecule has 0 unspecified atom stereocenters. The Morgan fingerprint density at radius 2 is 2.05 bits per heavy atom. The third-order valence-electron chi connectivity index (χ3n) is 3.30. The van der Waals surface area contributed by atoms with E-state index in [1.165, 1.54) is 5.57 Å². The fourth-order valence-electron chi connectivity index (χ4n) is 2.19. The maximum Gasteiger partial charge on any atom is 0.253 e. The van der Waals surface area contributed by atoms with Gasteiger partial charge in [-0.05, 0) is 44.2 Å². The summed E-state index contributed by atoms with van der Waals surface area (Å²) >= 11 is 0. The molecule has 0 aliphatic heterocycles. The van der Waals surface area contributed by atoms with Crippen LogP contribution in [0.5, 0.6) is 0 Å². The van der Waals surface area contributed by atoms with Crippen LogP contribution in [0, 0.1) is 6.92 Å². The molecule has 112 valence electrons. The molecule has 0 radical (unpaired) electrons. The average molecular weight is 284 g/mol. The first-order valence-corrected chi connectivity index (χ1v) is 6.95. The van der Waals surface area contributed by atoms with Gasteiger partial charge in [0.25, 0.3) is 5.56 Å². The van der Waals surface area contributed by atoms with Gasteiger partial charge in [0.15, 0.2) is 0 Å². The number of nitrogens with one attached hydrogen (secondary N) is 1. The Morgan fingerprint density at radius 1 is 1.38 bits per heavy atom. The normalized spacial score (nSPS) is 11.1. The van der Waals surface area contributed by atoms with Gasteiger partial charge in [0.05, 0.1) is 0 Å². The van der Waals surface area contributed by atoms with Crippen molar-refractivity contribution in [1.29, 1.82) is 0 Å². The molecular formula is C18H24N2O. The molecule has 0 aliphatic rings. The van der Waals surface area contributed by atoms with Crippen molar-refractivity contribution >= 4 is 11.6 Å². The number of hydrogen-bond donors (Lipinski definition) is 1. The van der Waals surface area contributed by atoms with Gasteiger partial charge in [0.1, 0.15) is 0 Å². The van der Waals surface area contributed by atoms with Crippen molar-refractivity contribution in [2.24, 2.45) is 7.05 Å². The van der Waals surface area contributed by atoms with Crippen molar-refractivity contribution in [2.45, 2.75) is 20.8 Å². The van der Waals surface area contributed by atoms with Crippen LogP contribution < -0.4 is 10.9 Å². The zero-order chi connectivity index (χ0) is 16.0. The smallest absolute Gasteiger partial charge is 0.253 e. The first-order chi connectivity index (χ1) is 9.93. The topological polar surface area (TPSA) is 34.0 Å². The Balaban J connectivity index is 3.71. The Hall–Kier alpha value is -2.29. The van der Waals surface area contributed by atoms with E-state index < -0.39 is 0 Å². The Morgan fingerprint density at radius 3 is 2.57 bits per heavy atom. The van der Waals surface area contributed by atoms with Gasteiger partial charge in [-0.25, -0.2) is 0 Å². The molecule has 0 saturated carbocycles. The second kappa shape index (κ2) is 7.48. The van der Waals surface area contributed by atoms with Crippen LogP contribution >= 0.6 is 0 Å². The van der Waals surface area contributed by atoms with E-state index in [2.05, 4.69) is 25.7 Å². The summed E-state index contributed by atoms with van der Waals surface area (Å²) in [6.07, 6.45) is 11.3. The van der Waals surface area contributed by atoms with Gasteiger partial charge in [0.2, 0.25) is 0 Å². The molecule has 0 bridgehead atoms. The van der Waals surface area contributed by atoms with Crippen LogP contribution in [-0.4, -0.2) is 11.6 Å². The van der Waals surface area contributed by atoms with Crippen molar-refractivity contribution in [3.05, 3.63) is 69.8 Å². The molecule has 1 aromatic heterocycles. The predicted molar refractivity (Wildman–Crippen MR) is 92.1 cm³/mol. The van der Waals surface area contributed by atoms with E-state index in [9.17, 15) is 4.79 Å². The van der Waals surface area contributed by atoms with Crippen molar-refractivity contribution in [3.63, 3.8) is 0 Å². The van der Waals surface area contributed by atoms with Crippen LogP contribution in [0.4, 0.5) is 0 Å². The highest BCUT2D eigenvalue weighted by Crippen LogP contribution is 2.25. The van der Waals surface area contributed by atoms with Gasteiger partial charge in [0, 0.05) is 31.4 Å². The second-order valence-corrected chi connectivity index (χ2v) is 5.13. The van der Waals surface area contributed by atoms with E-state index in [0.717, 1.165) is 22.3 Å². The first kappa shape index (κ1) is 16.8. The zero-order valence-electron chi connectivity index (χ0n) is 13.5. The van der Waals surface area contributed by atoms with E-state index in [1.54, 1.807) is 17.7 Å². The van der Waals surface area contributed by atoms with Crippen LogP contribution in [0.1, 0.15) is 30.5 Å². The molecular weight excluding hydrogens is 260 g/mol. The van der Waals surface area contributed by atoms with Crippen LogP contribution in [-0.2, 0) is 7.05 Å². The molecule has 3 nitrogen and oxygen atoms in total. The standard InChI is InChI=1S/C18H24N2O/c1-7-8-9-16-14(4)18(21)20(6)12-17(16)15(13(2)3)10-11-19-5/h7-12,19H,1H2,2-6H3/b9-8+,11-10-. The number of pyridine rings is 1. The van der Waals surface area contributed by atoms with Crippen molar-refractivity contribution < 1.29 is 0 Å². The van der Waals surface area contributed by atoms with Crippen LogP contribution in [0.15, 0.2) is 47.6 Å². The number of nitrogens with zero attached hydrogens (tertiary/aromatic N) is 1. The minimum atomic E-state index is 0.0214. The summed E-state index contributed by atoms with van der Waals surface area (Å²) in [5, 5.41) is 3.01. The molecule has 1 heterocycles. The fraction of sp³-hybridized carbons (Fsp3) is 0.278. The summed E-state index contributed by atoms with van der Waals surface area (Å²) in [6, 6.07) is 0. The highest BCUT2D eigenvalue weighted by Gasteiger charge is 2.12. The quantitative estimate of drug-likeness (QED) is 0.841. The van der Waals surface area contributed by atoms with Crippen molar-refractivity contribution in [2.75, 3.05) is 7.05 Å². The largest absolute Gasteiger partial charge is 0.394 e. The summed E-state index contributed by atoms with van der Waals surface area (Å²) in [7, 11) is 3.65. The van der Waals surface area contributed by atoms with Gasteiger partial charge in [-0.2, -0.15) is 0 Å².